The van der Waals surface area contributed by atoms with E-state index in [1.54, 1.807) is 6.08 Å². The highest BCUT2D eigenvalue weighted by Crippen LogP contribution is 2.26. The fourth-order valence-corrected chi connectivity index (χ4v) is 2.02. The first kappa shape index (κ1) is 15.8. The Morgan fingerprint density at radius 1 is 1.26 bits per heavy atom. The molecule has 0 spiro atoms. The molecule has 0 heterocycles. The van der Waals surface area contributed by atoms with E-state index in [2.05, 4.69) is 11.9 Å². The molecule has 0 saturated carbocycles. The standard InChI is InChI=1S/C15H20F3N/c1-3-5-6-7-14(19-8-4-2)15-12(17)9-11(16)10-13(15)18/h3,9-10,14,19H,1,4-8H2,2H3. The van der Waals surface area contributed by atoms with Crippen molar-refractivity contribution >= 4 is 0 Å². The first-order valence-electron chi connectivity index (χ1n) is 6.58. The van der Waals surface area contributed by atoms with Crippen LogP contribution in [0.4, 0.5) is 13.2 Å². The van der Waals surface area contributed by atoms with Gasteiger partial charge in [0.1, 0.15) is 17.5 Å². The van der Waals surface area contributed by atoms with Crippen LogP contribution in [0.3, 0.4) is 0 Å². The summed E-state index contributed by atoms with van der Waals surface area (Å²) in [6.45, 7) is 6.26. The Morgan fingerprint density at radius 3 is 2.42 bits per heavy atom. The molecule has 0 aliphatic rings. The quantitative estimate of drug-likeness (QED) is 0.542. The van der Waals surface area contributed by atoms with Crippen LogP contribution in [0.15, 0.2) is 24.8 Å². The van der Waals surface area contributed by atoms with Crippen molar-refractivity contribution < 1.29 is 13.2 Å². The van der Waals surface area contributed by atoms with E-state index in [4.69, 9.17) is 0 Å². The molecule has 19 heavy (non-hydrogen) atoms. The molecule has 0 aliphatic heterocycles. The first-order valence-corrected chi connectivity index (χ1v) is 6.58. The third-order valence-corrected chi connectivity index (χ3v) is 2.93. The summed E-state index contributed by atoms with van der Waals surface area (Å²) in [6, 6.07) is 1.03. The van der Waals surface area contributed by atoms with Crippen LogP contribution < -0.4 is 5.32 Å². The zero-order chi connectivity index (χ0) is 14.3. The largest absolute Gasteiger partial charge is 0.310 e. The zero-order valence-corrected chi connectivity index (χ0v) is 11.2. The van der Waals surface area contributed by atoms with Gasteiger partial charge in [-0.25, -0.2) is 13.2 Å². The summed E-state index contributed by atoms with van der Waals surface area (Å²) in [5, 5.41) is 3.11. The molecule has 1 aromatic rings. The number of hydrogen-bond acceptors (Lipinski definition) is 1. The van der Waals surface area contributed by atoms with Crippen molar-refractivity contribution in [3.8, 4) is 0 Å². The molecule has 0 radical (unpaired) electrons. The van der Waals surface area contributed by atoms with Gasteiger partial charge in [-0.15, -0.1) is 6.58 Å². The highest BCUT2D eigenvalue weighted by atomic mass is 19.1. The maximum absolute atomic E-state index is 13.8. The minimum atomic E-state index is -0.890. The van der Waals surface area contributed by atoms with E-state index < -0.39 is 23.5 Å². The van der Waals surface area contributed by atoms with Crippen LogP contribution in [0.25, 0.3) is 0 Å². The molecule has 4 heteroatoms. The lowest BCUT2D eigenvalue weighted by Gasteiger charge is -2.20. The highest BCUT2D eigenvalue weighted by molar-refractivity contribution is 5.24. The fourth-order valence-electron chi connectivity index (χ4n) is 2.02. The molecule has 1 rings (SSSR count). The van der Waals surface area contributed by atoms with Crippen molar-refractivity contribution in [2.75, 3.05) is 6.54 Å². The van der Waals surface area contributed by atoms with Gasteiger partial charge in [0.2, 0.25) is 0 Å². The van der Waals surface area contributed by atoms with Crippen molar-refractivity contribution in [1.82, 2.24) is 5.32 Å². The molecule has 0 amide bonds. The monoisotopic (exact) mass is 271 g/mol. The summed E-state index contributed by atoms with van der Waals surface area (Å²) in [4.78, 5) is 0. The van der Waals surface area contributed by atoms with E-state index in [1.807, 2.05) is 6.92 Å². The predicted octanol–water partition coefficient (Wildman–Crippen LogP) is 4.50. The van der Waals surface area contributed by atoms with E-state index in [9.17, 15) is 13.2 Å². The Kier molecular flexibility index (Phi) is 6.64. The minimum absolute atomic E-state index is 0.0705. The molecule has 106 valence electrons. The maximum atomic E-state index is 13.8. The van der Waals surface area contributed by atoms with Gasteiger partial charge in [-0.3, -0.25) is 0 Å². The second kappa shape index (κ2) is 8.00. The minimum Gasteiger partial charge on any atom is -0.310 e. The van der Waals surface area contributed by atoms with Crippen molar-refractivity contribution in [1.29, 1.82) is 0 Å². The molecule has 1 nitrogen and oxygen atoms in total. The Hall–Kier alpha value is -1.29. The third kappa shape index (κ3) is 4.71. The van der Waals surface area contributed by atoms with Crippen LogP contribution in [0, 0.1) is 17.5 Å². The van der Waals surface area contributed by atoms with E-state index in [0.717, 1.165) is 31.4 Å². The topological polar surface area (TPSA) is 12.0 Å². The molecular formula is C15H20F3N. The summed E-state index contributed by atoms with van der Waals surface area (Å²) in [7, 11) is 0. The lowest BCUT2D eigenvalue weighted by atomic mass is 9.99. The molecule has 0 aliphatic carbocycles. The molecule has 1 unspecified atom stereocenters. The Morgan fingerprint density at radius 2 is 1.89 bits per heavy atom. The van der Waals surface area contributed by atoms with Crippen LogP contribution in [0.1, 0.15) is 44.2 Å². The van der Waals surface area contributed by atoms with Crippen LogP contribution in [-0.2, 0) is 0 Å². The van der Waals surface area contributed by atoms with Gasteiger partial charge in [0.05, 0.1) is 0 Å². The molecule has 1 atom stereocenters. The van der Waals surface area contributed by atoms with E-state index >= 15 is 0 Å². The van der Waals surface area contributed by atoms with Crippen LogP contribution in [0.2, 0.25) is 0 Å². The Labute approximate surface area is 112 Å². The van der Waals surface area contributed by atoms with Gasteiger partial charge in [-0.2, -0.15) is 0 Å². The van der Waals surface area contributed by atoms with Crippen molar-refractivity contribution in [2.45, 2.75) is 38.6 Å². The number of hydrogen-bond donors (Lipinski definition) is 1. The highest BCUT2D eigenvalue weighted by Gasteiger charge is 2.20. The molecule has 0 bridgehead atoms. The van der Waals surface area contributed by atoms with E-state index in [0.29, 0.717) is 13.0 Å². The molecular weight excluding hydrogens is 251 g/mol. The maximum Gasteiger partial charge on any atom is 0.133 e. The first-order chi connectivity index (χ1) is 9.10. The average molecular weight is 271 g/mol. The number of allylic oxidation sites excluding steroid dienone is 1. The number of halogens is 3. The Bertz CT molecular complexity index is 395. The van der Waals surface area contributed by atoms with Gasteiger partial charge in [-0.05, 0) is 32.2 Å². The molecule has 0 fully saturated rings. The average Bonchev–Trinajstić information content (AvgIpc) is 2.34. The number of unbranched alkanes of at least 4 members (excludes halogenated alkanes) is 1. The zero-order valence-electron chi connectivity index (χ0n) is 11.2. The van der Waals surface area contributed by atoms with Crippen LogP contribution >= 0.6 is 0 Å². The van der Waals surface area contributed by atoms with Crippen LogP contribution in [-0.4, -0.2) is 6.54 Å². The second-order valence-electron chi connectivity index (χ2n) is 4.51. The second-order valence-corrected chi connectivity index (χ2v) is 4.51. The van der Waals surface area contributed by atoms with Gasteiger partial charge in [0, 0.05) is 23.7 Å². The van der Waals surface area contributed by atoms with Gasteiger partial charge < -0.3 is 5.32 Å². The lowest BCUT2D eigenvalue weighted by molar-refractivity contribution is 0.432. The molecule has 1 N–H and O–H groups in total. The molecule has 0 saturated heterocycles. The van der Waals surface area contributed by atoms with Gasteiger partial charge in [-0.1, -0.05) is 13.0 Å². The summed E-state index contributed by atoms with van der Waals surface area (Å²) in [6.07, 6.45) is 4.79. The predicted molar refractivity (Wildman–Crippen MR) is 71.4 cm³/mol. The third-order valence-electron chi connectivity index (χ3n) is 2.93. The van der Waals surface area contributed by atoms with Crippen molar-refractivity contribution in [3.63, 3.8) is 0 Å². The number of rotatable bonds is 8. The van der Waals surface area contributed by atoms with E-state index in [1.165, 1.54) is 0 Å². The summed E-state index contributed by atoms with van der Waals surface area (Å²) in [5.41, 5.74) is -0.0705. The fraction of sp³-hybridized carbons (Fsp3) is 0.467. The van der Waals surface area contributed by atoms with Crippen molar-refractivity contribution in [2.24, 2.45) is 0 Å². The summed E-state index contributed by atoms with van der Waals surface area (Å²) in [5.74, 6) is -2.55. The van der Waals surface area contributed by atoms with Crippen molar-refractivity contribution in [3.05, 3.63) is 47.8 Å². The Balaban J connectivity index is 2.92. The molecule has 1 aromatic carbocycles. The summed E-state index contributed by atoms with van der Waals surface area (Å²) >= 11 is 0. The van der Waals surface area contributed by atoms with Crippen LogP contribution in [0.5, 0.6) is 0 Å². The smallest absolute Gasteiger partial charge is 0.133 e. The van der Waals surface area contributed by atoms with Gasteiger partial charge in [0.25, 0.3) is 0 Å². The number of benzene rings is 1. The lowest BCUT2D eigenvalue weighted by Crippen LogP contribution is -2.24. The summed E-state index contributed by atoms with van der Waals surface area (Å²) < 4.78 is 40.4. The number of nitrogens with one attached hydrogen (secondary N) is 1. The SMILES string of the molecule is C=CCCCC(NCCC)c1c(F)cc(F)cc1F. The van der Waals surface area contributed by atoms with Gasteiger partial charge in [0.15, 0.2) is 0 Å². The van der Waals surface area contributed by atoms with Gasteiger partial charge >= 0.3 is 0 Å². The van der Waals surface area contributed by atoms with E-state index in [-0.39, 0.29) is 5.56 Å². The molecule has 0 aromatic heterocycles. The normalized spacial score (nSPS) is 12.4.